The van der Waals surface area contributed by atoms with E-state index in [0.29, 0.717) is 0 Å². The number of likely N-dealkylation sites (N-methyl/N-ethyl adjacent to an activating group) is 1. The first-order valence-electron chi connectivity index (χ1n) is 5.31. The Balaban J connectivity index is 2.76. The number of carbonyl (C=O) groups is 2. The fraction of sp³-hybridized carbons (Fsp3) is 0.231. The Morgan fingerprint density at radius 1 is 1.33 bits per heavy atom. The molecule has 5 heteroatoms. The van der Waals surface area contributed by atoms with Crippen molar-refractivity contribution in [2.45, 2.75) is 0 Å². The molecular weight excluding hydrogens is 234 g/mol. The van der Waals surface area contributed by atoms with E-state index in [4.69, 9.17) is 9.84 Å². The maximum Gasteiger partial charge on any atom is 0.328 e. The number of anilines is 1. The van der Waals surface area contributed by atoms with Crippen molar-refractivity contribution in [1.82, 2.24) is 0 Å². The van der Waals surface area contributed by atoms with E-state index in [1.54, 1.807) is 31.3 Å². The molecule has 0 aliphatic rings. The van der Waals surface area contributed by atoms with E-state index in [-0.39, 0.29) is 12.5 Å². The molecule has 1 aromatic carbocycles. The number of carbonyl (C=O) groups excluding carboxylic acids is 1. The third kappa shape index (κ3) is 4.03. The van der Waals surface area contributed by atoms with Crippen LogP contribution in [-0.4, -0.2) is 37.7 Å². The molecule has 0 fully saturated rings. The molecule has 0 saturated heterocycles. The lowest BCUT2D eigenvalue weighted by molar-refractivity contribution is -0.131. The van der Waals surface area contributed by atoms with Crippen LogP contribution in [-0.2, 0) is 14.3 Å². The van der Waals surface area contributed by atoms with E-state index in [9.17, 15) is 9.59 Å². The molecule has 1 N–H and O–H groups in total. The minimum atomic E-state index is -0.994. The Morgan fingerprint density at radius 2 is 1.94 bits per heavy atom. The summed E-state index contributed by atoms with van der Waals surface area (Å²) in [4.78, 5) is 23.4. The van der Waals surface area contributed by atoms with Crippen molar-refractivity contribution in [3.63, 3.8) is 0 Å². The van der Waals surface area contributed by atoms with Gasteiger partial charge < -0.3 is 14.7 Å². The SMILES string of the molecule is COCC(=O)N(C)c1ccc(/C=C/C(=O)O)cc1. The summed E-state index contributed by atoms with van der Waals surface area (Å²) in [7, 11) is 3.12. The zero-order valence-electron chi connectivity index (χ0n) is 10.3. The number of rotatable bonds is 5. The average molecular weight is 249 g/mol. The molecule has 1 amide bonds. The first-order chi connectivity index (χ1) is 8.54. The molecule has 1 rings (SSSR count). The van der Waals surface area contributed by atoms with Crippen LogP contribution in [0, 0.1) is 0 Å². The second-order valence-electron chi connectivity index (χ2n) is 3.65. The van der Waals surface area contributed by atoms with Gasteiger partial charge in [0.25, 0.3) is 5.91 Å². The van der Waals surface area contributed by atoms with E-state index < -0.39 is 5.97 Å². The number of hydrogen-bond acceptors (Lipinski definition) is 3. The molecule has 0 radical (unpaired) electrons. The van der Waals surface area contributed by atoms with E-state index in [1.165, 1.54) is 18.1 Å². The van der Waals surface area contributed by atoms with Crippen LogP contribution in [0.3, 0.4) is 0 Å². The standard InChI is InChI=1S/C13H15NO4/c1-14(12(15)9-18-2)11-6-3-10(4-7-11)5-8-13(16)17/h3-8H,9H2,1-2H3,(H,16,17)/b8-5+. The van der Waals surface area contributed by atoms with Crippen LogP contribution in [0.5, 0.6) is 0 Å². The van der Waals surface area contributed by atoms with Crippen molar-refractivity contribution < 1.29 is 19.4 Å². The number of carboxylic acids is 1. The number of ether oxygens (including phenoxy) is 1. The molecule has 0 saturated carbocycles. The molecule has 0 unspecified atom stereocenters. The van der Waals surface area contributed by atoms with E-state index in [0.717, 1.165) is 17.3 Å². The molecule has 0 heterocycles. The van der Waals surface area contributed by atoms with Crippen molar-refractivity contribution in [3.05, 3.63) is 35.9 Å². The number of nitrogens with zero attached hydrogens (tertiary/aromatic N) is 1. The highest BCUT2D eigenvalue weighted by Crippen LogP contribution is 2.14. The molecular formula is C13H15NO4. The van der Waals surface area contributed by atoms with Crippen LogP contribution in [0.1, 0.15) is 5.56 Å². The minimum Gasteiger partial charge on any atom is -0.478 e. The Kier molecular flexibility index (Phi) is 5.07. The van der Waals surface area contributed by atoms with Gasteiger partial charge in [-0.25, -0.2) is 4.79 Å². The fourth-order valence-corrected chi connectivity index (χ4v) is 1.34. The van der Waals surface area contributed by atoms with E-state index in [1.807, 2.05) is 0 Å². The molecule has 18 heavy (non-hydrogen) atoms. The highest BCUT2D eigenvalue weighted by atomic mass is 16.5. The summed E-state index contributed by atoms with van der Waals surface area (Å²) >= 11 is 0. The number of aliphatic carboxylic acids is 1. The number of methoxy groups -OCH3 is 1. The molecule has 96 valence electrons. The zero-order valence-corrected chi connectivity index (χ0v) is 10.3. The van der Waals surface area contributed by atoms with E-state index in [2.05, 4.69) is 0 Å². The molecule has 0 aliphatic heterocycles. The Bertz CT molecular complexity index is 451. The number of carboxylic acid groups (broad SMARTS) is 1. The summed E-state index contributed by atoms with van der Waals surface area (Å²) in [6.45, 7) is 0.0250. The molecule has 0 atom stereocenters. The van der Waals surface area contributed by atoms with Gasteiger partial charge in [-0.05, 0) is 23.8 Å². The Morgan fingerprint density at radius 3 is 2.44 bits per heavy atom. The quantitative estimate of drug-likeness (QED) is 0.801. The van der Waals surface area contributed by atoms with Crippen LogP contribution in [0.4, 0.5) is 5.69 Å². The van der Waals surface area contributed by atoms with Gasteiger partial charge in [-0.15, -0.1) is 0 Å². The second kappa shape index (κ2) is 6.56. The van der Waals surface area contributed by atoms with Crippen molar-refractivity contribution in [1.29, 1.82) is 0 Å². The van der Waals surface area contributed by atoms with Crippen LogP contribution >= 0.6 is 0 Å². The summed E-state index contributed by atoms with van der Waals surface area (Å²) in [6.07, 6.45) is 2.55. The monoisotopic (exact) mass is 249 g/mol. The minimum absolute atomic E-state index is 0.0250. The zero-order chi connectivity index (χ0) is 13.5. The summed E-state index contributed by atoms with van der Waals surface area (Å²) in [6, 6.07) is 6.97. The Hall–Kier alpha value is -2.14. The van der Waals surface area contributed by atoms with Crippen molar-refractivity contribution in [2.75, 3.05) is 25.7 Å². The van der Waals surface area contributed by atoms with Gasteiger partial charge in [-0.3, -0.25) is 4.79 Å². The third-order valence-electron chi connectivity index (χ3n) is 2.34. The van der Waals surface area contributed by atoms with Crippen LogP contribution in [0.2, 0.25) is 0 Å². The predicted molar refractivity (Wildman–Crippen MR) is 68.4 cm³/mol. The fourth-order valence-electron chi connectivity index (χ4n) is 1.34. The average Bonchev–Trinajstić information content (AvgIpc) is 2.36. The maximum atomic E-state index is 11.6. The largest absolute Gasteiger partial charge is 0.478 e. The van der Waals surface area contributed by atoms with Crippen LogP contribution in [0.15, 0.2) is 30.3 Å². The molecule has 0 aliphatic carbocycles. The van der Waals surface area contributed by atoms with Gasteiger partial charge in [-0.2, -0.15) is 0 Å². The van der Waals surface area contributed by atoms with Crippen molar-refractivity contribution in [3.8, 4) is 0 Å². The summed E-state index contributed by atoms with van der Waals surface area (Å²) in [5.74, 6) is -1.14. The van der Waals surface area contributed by atoms with Gasteiger partial charge in [0.2, 0.25) is 0 Å². The van der Waals surface area contributed by atoms with Gasteiger partial charge in [0.15, 0.2) is 0 Å². The van der Waals surface area contributed by atoms with Gasteiger partial charge in [-0.1, -0.05) is 12.1 Å². The molecule has 0 bridgehead atoms. The number of benzene rings is 1. The van der Waals surface area contributed by atoms with Crippen LogP contribution < -0.4 is 4.90 Å². The predicted octanol–water partition coefficient (Wildman–Crippen LogP) is 1.39. The smallest absolute Gasteiger partial charge is 0.328 e. The van der Waals surface area contributed by atoms with E-state index >= 15 is 0 Å². The first-order valence-corrected chi connectivity index (χ1v) is 5.31. The van der Waals surface area contributed by atoms with Gasteiger partial charge in [0, 0.05) is 25.9 Å². The second-order valence-corrected chi connectivity index (χ2v) is 3.65. The van der Waals surface area contributed by atoms with Crippen molar-refractivity contribution in [2.24, 2.45) is 0 Å². The van der Waals surface area contributed by atoms with Gasteiger partial charge in [0.1, 0.15) is 6.61 Å². The maximum absolute atomic E-state index is 11.6. The number of amides is 1. The third-order valence-corrected chi connectivity index (χ3v) is 2.34. The van der Waals surface area contributed by atoms with Crippen molar-refractivity contribution >= 4 is 23.6 Å². The van der Waals surface area contributed by atoms with Crippen LogP contribution in [0.25, 0.3) is 6.08 Å². The Labute approximate surface area is 105 Å². The first kappa shape index (κ1) is 13.9. The normalized spacial score (nSPS) is 10.6. The number of hydrogen-bond donors (Lipinski definition) is 1. The molecule has 0 aromatic heterocycles. The summed E-state index contributed by atoms with van der Waals surface area (Å²) in [5, 5.41) is 8.50. The lowest BCUT2D eigenvalue weighted by Gasteiger charge is -2.16. The molecule has 0 spiro atoms. The van der Waals surface area contributed by atoms with Gasteiger partial charge in [0.05, 0.1) is 0 Å². The molecule has 5 nitrogen and oxygen atoms in total. The highest BCUT2D eigenvalue weighted by Gasteiger charge is 2.09. The summed E-state index contributed by atoms with van der Waals surface area (Å²) < 4.78 is 4.77. The topological polar surface area (TPSA) is 66.8 Å². The highest BCUT2D eigenvalue weighted by molar-refractivity contribution is 5.93. The lowest BCUT2D eigenvalue weighted by Crippen LogP contribution is -2.29. The lowest BCUT2D eigenvalue weighted by atomic mass is 10.2. The summed E-state index contributed by atoms with van der Waals surface area (Å²) in [5.41, 5.74) is 1.48. The van der Waals surface area contributed by atoms with Gasteiger partial charge >= 0.3 is 5.97 Å². The molecule has 1 aromatic rings.